The van der Waals surface area contributed by atoms with Crippen molar-refractivity contribution in [2.75, 3.05) is 52.9 Å². The highest BCUT2D eigenvalue weighted by molar-refractivity contribution is 5.00. The number of ether oxygens (including phenoxy) is 8. The summed E-state index contributed by atoms with van der Waals surface area (Å²) in [6, 6.07) is 4.50. The van der Waals surface area contributed by atoms with Gasteiger partial charge in [0.05, 0.1) is 26.4 Å². The summed E-state index contributed by atoms with van der Waals surface area (Å²) in [5.74, 6) is 6.27. The van der Waals surface area contributed by atoms with Crippen LogP contribution in [0.4, 0.5) is 0 Å². The highest BCUT2D eigenvalue weighted by Crippen LogP contribution is 2.55. The van der Waals surface area contributed by atoms with Gasteiger partial charge in [-0.05, 0) is 315 Å². The molecular weight excluding hydrogens is 1020 g/mol. The zero-order chi connectivity index (χ0) is 56.1. The molecule has 10 nitrogen and oxygen atoms in total. The highest BCUT2D eigenvalue weighted by atomic mass is 16.7. The molecule has 7 saturated carbocycles. The van der Waals surface area contributed by atoms with Crippen LogP contribution in [0.5, 0.6) is 0 Å². The molecule has 0 bridgehead atoms. The fourth-order valence-corrected chi connectivity index (χ4v) is 20.1. The van der Waals surface area contributed by atoms with E-state index in [1.807, 2.05) is 0 Å². The first-order valence-corrected chi connectivity index (χ1v) is 36.6. The van der Waals surface area contributed by atoms with Crippen LogP contribution in [0.2, 0.25) is 0 Å². The summed E-state index contributed by atoms with van der Waals surface area (Å²) >= 11 is 0. The van der Waals surface area contributed by atoms with Gasteiger partial charge < -0.3 is 37.9 Å². The highest BCUT2D eigenvalue weighted by Gasteiger charge is 2.48. The Labute approximate surface area is 502 Å². The molecule has 0 N–H and O–H groups in total. The lowest BCUT2D eigenvalue weighted by Crippen LogP contribution is -2.54. The Hall–Kier alpha value is -0.400. The third-order valence-corrected chi connectivity index (χ3v) is 25.7. The molecule has 0 aromatic rings. The molecule has 4 unspecified atom stereocenters. The summed E-state index contributed by atoms with van der Waals surface area (Å²) in [5, 5.41) is 0. The molecule has 0 aromatic carbocycles. The summed E-state index contributed by atoms with van der Waals surface area (Å²) < 4.78 is 49.5. The first-order valence-electron chi connectivity index (χ1n) is 36.6. The topological polar surface area (TPSA) is 80.3 Å². The van der Waals surface area contributed by atoms with Gasteiger partial charge in [-0.3, -0.25) is 9.80 Å². The SMILES string of the molecule is CC(C)(C1CCC(N(C2CCC(COC3CCCCO3)CC2)C2CCC(COC3CCCCO3)CC2)CC1)C1CCC(C(C)(C)C2CCC(N(C3CCC(COC4CCCCO4)CC3)C3CCC(COC4CCCCO4)CC3)CC2)CC1. The number of rotatable bonds is 22. The lowest BCUT2D eigenvalue weighted by Gasteiger charge is -2.53. The van der Waals surface area contributed by atoms with E-state index in [-0.39, 0.29) is 25.2 Å². The fourth-order valence-electron chi connectivity index (χ4n) is 20.1. The molecule has 4 aliphatic heterocycles. The summed E-state index contributed by atoms with van der Waals surface area (Å²) in [6.07, 6.45) is 53.0. The van der Waals surface area contributed by atoms with Crippen LogP contribution in [0.3, 0.4) is 0 Å². The number of hydrogen-bond donors (Lipinski definition) is 0. The van der Waals surface area contributed by atoms with Crippen molar-refractivity contribution in [3.63, 3.8) is 0 Å². The van der Waals surface area contributed by atoms with E-state index >= 15 is 0 Å². The second-order valence-electron chi connectivity index (χ2n) is 31.3. The van der Waals surface area contributed by atoms with Gasteiger partial charge in [0.25, 0.3) is 0 Å². The van der Waals surface area contributed by atoms with Crippen LogP contribution in [0.25, 0.3) is 0 Å². The van der Waals surface area contributed by atoms with Crippen molar-refractivity contribution in [1.82, 2.24) is 9.80 Å². The van der Waals surface area contributed by atoms with E-state index in [4.69, 9.17) is 37.9 Å². The molecule has 0 radical (unpaired) electrons. The van der Waals surface area contributed by atoms with Gasteiger partial charge in [-0.1, -0.05) is 27.7 Å². The first-order chi connectivity index (χ1) is 40.1. The maximum Gasteiger partial charge on any atom is 0.157 e. The lowest BCUT2D eigenvalue weighted by molar-refractivity contribution is -0.172. The predicted octanol–water partition coefficient (Wildman–Crippen LogP) is 17.0. The summed E-state index contributed by atoms with van der Waals surface area (Å²) in [4.78, 5) is 6.41. The molecule has 11 rings (SSSR count). The molecule has 11 fully saturated rings. The molecule has 4 atom stereocenters. The van der Waals surface area contributed by atoms with Crippen LogP contribution < -0.4 is 0 Å². The van der Waals surface area contributed by atoms with Gasteiger partial charge in [0, 0.05) is 62.7 Å². The maximum atomic E-state index is 6.39. The molecule has 4 heterocycles. The molecule has 82 heavy (non-hydrogen) atoms. The molecule has 4 saturated heterocycles. The molecule has 7 aliphatic carbocycles. The van der Waals surface area contributed by atoms with Crippen LogP contribution in [0.15, 0.2) is 0 Å². The van der Waals surface area contributed by atoms with Crippen LogP contribution in [0, 0.1) is 58.2 Å². The minimum atomic E-state index is 0.0455. The minimum absolute atomic E-state index is 0.0455. The monoisotopic (exact) mass is 1150 g/mol. The fraction of sp³-hybridized carbons (Fsp3) is 1.00. The van der Waals surface area contributed by atoms with Crippen LogP contribution >= 0.6 is 0 Å². The summed E-state index contributed by atoms with van der Waals surface area (Å²) in [5.41, 5.74) is 0.858. The molecule has 0 spiro atoms. The van der Waals surface area contributed by atoms with Gasteiger partial charge in [0.2, 0.25) is 0 Å². The predicted molar refractivity (Wildman–Crippen MR) is 329 cm³/mol. The van der Waals surface area contributed by atoms with E-state index in [0.29, 0.717) is 34.5 Å². The molecule has 11 aliphatic rings. The first kappa shape index (κ1) is 63.2. The van der Waals surface area contributed by atoms with Gasteiger partial charge in [0.1, 0.15) is 0 Å². The van der Waals surface area contributed by atoms with Gasteiger partial charge in [0.15, 0.2) is 25.2 Å². The van der Waals surface area contributed by atoms with E-state index in [9.17, 15) is 0 Å². The standard InChI is InChI=1S/C72H126N2O8/c1-71(2,59-29-41-65(42-30-59)73(61-33-17-53(18-34-61)49-79-67-13-5-9-45-75-67)62-35-19-54(20-36-62)50-80-68-14-6-10-46-76-68)57-25-27-58(28-26-57)72(3,4)60-31-43-66(44-32-60)74(63-37-21-55(22-38-63)51-81-69-15-7-11-47-77-69)64-39-23-56(24-40-64)52-82-70-16-8-12-48-78-70/h53-70H,5-52H2,1-4H3. The minimum Gasteiger partial charge on any atom is -0.353 e. The number of nitrogens with zero attached hydrogens (tertiary/aromatic N) is 2. The quantitative estimate of drug-likeness (QED) is 0.105. The maximum absolute atomic E-state index is 6.39. The molecular formula is C72H126N2O8. The van der Waals surface area contributed by atoms with E-state index in [1.54, 1.807) is 0 Å². The van der Waals surface area contributed by atoms with Crippen LogP contribution in [-0.2, 0) is 37.9 Å². The Morgan fingerprint density at radius 1 is 0.256 bits per heavy atom. The van der Waals surface area contributed by atoms with Crippen LogP contribution in [-0.4, -0.2) is 124 Å². The Morgan fingerprint density at radius 2 is 0.451 bits per heavy atom. The van der Waals surface area contributed by atoms with E-state index < -0.39 is 0 Å². The van der Waals surface area contributed by atoms with Crippen molar-refractivity contribution >= 4 is 0 Å². The van der Waals surface area contributed by atoms with Crippen molar-refractivity contribution < 1.29 is 37.9 Å². The van der Waals surface area contributed by atoms with Crippen molar-refractivity contribution in [2.24, 2.45) is 58.2 Å². The number of hydrogen-bond acceptors (Lipinski definition) is 10. The summed E-state index contributed by atoms with van der Waals surface area (Å²) in [7, 11) is 0. The average Bonchev–Trinajstić information content (AvgIpc) is 3.73. The van der Waals surface area contributed by atoms with Crippen molar-refractivity contribution in [2.45, 2.75) is 346 Å². The van der Waals surface area contributed by atoms with Crippen molar-refractivity contribution in [3.8, 4) is 0 Å². The Morgan fingerprint density at radius 3 is 0.646 bits per heavy atom. The molecule has 472 valence electrons. The Balaban J connectivity index is 0.651. The Bertz CT molecular complexity index is 1540. The molecule has 0 amide bonds. The van der Waals surface area contributed by atoms with Gasteiger partial charge in [-0.25, -0.2) is 0 Å². The zero-order valence-electron chi connectivity index (χ0n) is 53.5. The van der Waals surface area contributed by atoms with Crippen molar-refractivity contribution in [3.05, 3.63) is 0 Å². The lowest BCUT2D eigenvalue weighted by atomic mass is 9.55. The van der Waals surface area contributed by atoms with Crippen molar-refractivity contribution in [1.29, 1.82) is 0 Å². The zero-order valence-corrected chi connectivity index (χ0v) is 53.5. The molecule has 10 heteroatoms. The third kappa shape index (κ3) is 17.1. The van der Waals surface area contributed by atoms with Crippen LogP contribution in [0.1, 0.15) is 285 Å². The van der Waals surface area contributed by atoms with E-state index in [1.165, 1.54) is 231 Å². The van der Waals surface area contributed by atoms with Gasteiger partial charge in [-0.15, -0.1) is 0 Å². The normalized spacial score (nSPS) is 40.9. The average molecular weight is 1150 g/mol. The second-order valence-corrected chi connectivity index (χ2v) is 31.3. The van der Waals surface area contributed by atoms with E-state index in [0.717, 1.165) is 138 Å². The second kappa shape index (κ2) is 31.4. The summed E-state index contributed by atoms with van der Waals surface area (Å²) in [6.45, 7) is 18.1. The smallest absolute Gasteiger partial charge is 0.157 e. The third-order valence-electron chi connectivity index (χ3n) is 25.7. The Kier molecular flexibility index (Phi) is 24.2. The largest absolute Gasteiger partial charge is 0.353 e. The van der Waals surface area contributed by atoms with E-state index in [2.05, 4.69) is 37.5 Å². The van der Waals surface area contributed by atoms with Gasteiger partial charge >= 0.3 is 0 Å². The van der Waals surface area contributed by atoms with Gasteiger partial charge in [-0.2, -0.15) is 0 Å². The molecule has 0 aromatic heterocycles.